The predicted octanol–water partition coefficient (Wildman–Crippen LogP) is 3.01. The van der Waals surface area contributed by atoms with Gasteiger partial charge in [0.05, 0.1) is 0 Å². The largest absolute Gasteiger partial charge is 0.508 e. The van der Waals surface area contributed by atoms with E-state index in [0.29, 0.717) is 5.56 Å². The number of phenols is 2. The SMILES string of the molecule is CC(NCc1cccs1)c1cc(O)ccc1O. The summed E-state index contributed by atoms with van der Waals surface area (Å²) in [7, 11) is 0. The van der Waals surface area contributed by atoms with Gasteiger partial charge >= 0.3 is 0 Å². The first-order chi connectivity index (χ1) is 8.16. The first-order valence-electron chi connectivity index (χ1n) is 5.44. The molecule has 0 amide bonds. The van der Waals surface area contributed by atoms with Crippen LogP contribution in [0.15, 0.2) is 35.7 Å². The standard InChI is InChI=1S/C13H15NO2S/c1-9(14-8-11-3-2-6-17-11)12-7-10(15)4-5-13(12)16/h2-7,9,14-16H,8H2,1H3. The Labute approximate surface area is 104 Å². The fourth-order valence-electron chi connectivity index (χ4n) is 1.67. The Hall–Kier alpha value is -1.52. The molecular weight excluding hydrogens is 234 g/mol. The molecule has 1 heterocycles. The first-order valence-corrected chi connectivity index (χ1v) is 6.32. The minimum Gasteiger partial charge on any atom is -0.508 e. The maximum atomic E-state index is 9.71. The Bertz CT molecular complexity index is 482. The molecule has 2 aromatic rings. The lowest BCUT2D eigenvalue weighted by Crippen LogP contribution is -2.17. The first kappa shape index (κ1) is 12.0. The van der Waals surface area contributed by atoms with E-state index in [0.717, 1.165) is 6.54 Å². The van der Waals surface area contributed by atoms with Crippen molar-refractivity contribution in [3.63, 3.8) is 0 Å². The zero-order valence-corrected chi connectivity index (χ0v) is 10.4. The third-order valence-corrected chi connectivity index (χ3v) is 3.52. The number of benzene rings is 1. The molecule has 1 aromatic heterocycles. The predicted molar refractivity (Wildman–Crippen MR) is 69.3 cm³/mol. The van der Waals surface area contributed by atoms with Crippen molar-refractivity contribution in [2.45, 2.75) is 19.5 Å². The fourth-order valence-corrected chi connectivity index (χ4v) is 2.32. The van der Waals surface area contributed by atoms with Gasteiger partial charge in [0.15, 0.2) is 0 Å². The van der Waals surface area contributed by atoms with Gasteiger partial charge in [-0.1, -0.05) is 6.07 Å². The zero-order chi connectivity index (χ0) is 12.3. The summed E-state index contributed by atoms with van der Waals surface area (Å²) in [6.07, 6.45) is 0. The molecular formula is C13H15NO2S. The van der Waals surface area contributed by atoms with Crippen LogP contribution in [-0.4, -0.2) is 10.2 Å². The smallest absolute Gasteiger partial charge is 0.120 e. The summed E-state index contributed by atoms with van der Waals surface area (Å²) in [5.74, 6) is 0.372. The van der Waals surface area contributed by atoms with E-state index in [2.05, 4.69) is 11.4 Å². The van der Waals surface area contributed by atoms with Crippen LogP contribution in [0.3, 0.4) is 0 Å². The topological polar surface area (TPSA) is 52.5 Å². The van der Waals surface area contributed by atoms with Crippen LogP contribution in [0.1, 0.15) is 23.4 Å². The summed E-state index contributed by atoms with van der Waals surface area (Å²) in [5, 5.41) is 24.5. The second-order valence-corrected chi connectivity index (χ2v) is 4.96. The van der Waals surface area contributed by atoms with Gasteiger partial charge in [-0.3, -0.25) is 0 Å². The van der Waals surface area contributed by atoms with Crippen molar-refractivity contribution in [3.8, 4) is 11.5 Å². The van der Waals surface area contributed by atoms with Crippen molar-refractivity contribution >= 4 is 11.3 Å². The second kappa shape index (κ2) is 5.21. The maximum Gasteiger partial charge on any atom is 0.120 e. The lowest BCUT2D eigenvalue weighted by atomic mass is 10.1. The number of thiophene rings is 1. The van der Waals surface area contributed by atoms with Crippen LogP contribution in [0.4, 0.5) is 0 Å². The molecule has 0 saturated carbocycles. The highest BCUT2D eigenvalue weighted by Gasteiger charge is 2.10. The van der Waals surface area contributed by atoms with Gasteiger partial charge in [-0.25, -0.2) is 0 Å². The molecule has 3 N–H and O–H groups in total. The molecule has 0 saturated heterocycles. The van der Waals surface area contributed by atoms with E-state index in [9.17, 15) is 10.2 Å². The molecule has 2 rings (SSSR count). The molecule has 0 spiro atoms. The molecule has 0 aliphatic rings. The molecule has 90 valence electrons. The van der Waals surface area contributed by atoms with Crippen molar-refractivity contribution in [3.05, 3.63) is 46.2 Å². The van der Waals surface area contributed by atoms with Gasteiger partial charge < -0.3 is 15.5 Å². The lowest BCUT2D eigenvalue weighted by molar-refractivity contribution is 0.441. The Morgan fingerprint density at radius 1 is 1.29 bits per heavy atom. The minimum absolute atomic E-state index is 0.0100. The van der Waals surface area contributed by atoms with Crippen LogP contribution < -0.4 is 5.32 Å². The lowest BCUT2D eigenvalue weighted by Gasteiger charge is -2.15. The normalized spacial score (nSPS) is 12.5. The van der Waals surface area contributed by atoms with Gasteiger partial charge in [-0.05, 0) is 36.6 Å². The Morgan fingerprint density at radius 3 is 2.82 bits per heavy atom. The number of rotatable bonds is 4. The quantitative estimate of drug-likeness (QED) is 0.730. The molecule has 0 radical (unpaired) electrons. The van der Waals surface area contributed by atoms with E-state index in [1.165, 1.54) is 17.0 Å². The highest BCUT2D eigenvalue weighted by Crippen LogP contribution is 2.27. The summed E-state index contributed by atoms with van der Waals surface area (Å²) in [6, 6.07) is 8.63. The Balaban J connectivity index is 2.04. The third-order valence-electron chi connectivity index (χ3n) is 2.64. The van der Waals surface area contributed by atoms with Crippen LogP contribution in [0, 0.1) is 0 Å². The van der Waals surface area contributed by atoms with Gasteiger partial charge in [-0.2, -0.15) is 0 Å². The van der Waals surface area contributed by atoms with E-state index in [1.54, 1.807) is 17.4 Å². The third kappa shape index (κ3) is 2.99. The van der Waals surface area contributed by atoms with Crippen molar-refractivity contribution in [1.82, 2.24) is 5.32 Å². The van der Waals surface area contributed by atoms with Gasteiger partial charge in [0.2, 0.25) is 0 Å². The van der Waals surface area contributed by atoms with Crippen LogP contribution in [0.25, 0.3) is 0 Å². The van der Waals surface area contributed by atoms with Gasteiger partial charge in [0, 0.05) is 23.0 Å². The van der Waals surface area contributed by atoms with Gasteiger partial charge in [-0.15, -0.1) is 11.3 Å². The summed E-state index contributed by atoms with van der Waals surface area (Å²) in [4.78, 5) is 1.25. The average Bonchev–Trinajstić information content (AvgIpc) is 2.82. The van der Waals surface area contributed by atoms with E-state index in [-0.39, 0.29) is 17.5 Å². The van der Waals surface area contributed by atoms with E-state index >= 15 is 0 Å². The molecule has 0 aliphatic heterocycles. The van der Waals surface area contributed by atoms with Crippen molar-refractivity contribution < 1.29 is 10.2 Å². The van der Waals surface area contributed by atoms with Crippen molar-refractivity contribution in [1.29, 1.82) is 0 Å². The molecule has 0 aliphatic carbocycles. The molecule has 1 unspecified atom stereocenters. The van der Waals surface area contributed by atoms with Gasteiger partial charge in [0.1, 0.15) is 11.5 Å². The van der Waals surface area contributed by atoms with Crippen molar-refractivity contribution in [2.24, 2.45) is 0 Å². The zero-order valence-electron chi connectivity index (χ0n) is 9.55. The summed E-state index contributed by atoms with van der Waals surface area (Å²) < 4.78 is 0. The number of phenolic OH excluding ortho intramolecular Hbond substituents is 2. The number of hydrogen-bond acceptors (Lipinski definition) is 4. The molecule has 0 fully saturated rings. The average molecular weight is 249 g/mol. The van der Waals surface area contributed by atoms with E-state index < -0.39 is 0 Å². The molecule has 1 aromatic carbocycles. The monoisotopic (exact) mass is 249 g/mol. The maximum absolute atomic E-state index is 9.71. The van der Waals surface area contributed by atoms with Crippen LogP contribution >= 0.6 is 11.3 Å². The second-order valence-electron chi connectivity index (χ2n) is 3.93. The summed E-state index contributed by atoms with van der Waals surface area (Å²) >= 11 is 1.69. The highest BCUT2D eigenvalue weighted by molar-refractivity contribution is 7.09. The summed E-state index contributed by atoms with van der Waals surface area (Å²) in [6.45, 7) is 2.72. The minimum atomic E-state index is -0.0100. The Kier molecular flexibility index (Phi) is 3.66. The number of aromatic hydroxyl groups is 2. The van der Waals surface area contributed by atoms with E-state index in [1.807, 2.05) is 18.4 Å². The van der Waals surface area contributed by atoms with Crippen LogP contribution in [0.5, 0.6) is 11.5 Å². The number of hydrogen-bond donors (Lipinski definition) is 3. The molecule has 4 heteroatoms. The molecule has 3 nitrogen and oxygen atoms in total. The summed E-state index contributed by atoms with van der Waals surface area (Å²) in [5.41, 5.74) is 0.710. The Morgan fingerprint density at radius 2 is 2.12 bits per heavy atom. The van der Waals surface area contributed by atoms with E-state index in [4.69, 9.17) is 0 Å². The molecule has 1 atom stereocenters. The molecule has 17 heavy (non-hydrogen) atoms. The van der Waals surface area contributed by atoms with Gasteiger partial charge in [0.25, 0.3) is 0 Å². The molecule has 0 bridgehead atoms. The fraction of sp³-hybridized carbons (Fsp3) is 0.231. The highest BCUT2D eigenvalue weighted by atomic mass is 32.1. The van der Waals surface area contributed by atoms with Crippen molar-refractivity contribution in [2.75, 3.05) is 0 Å². The van der Waals surface area contributed by atoms with Crippen LogP contribution in [0.2, 0.25) is 0 Å². The van der Waals surface area contributed by atoms with Crippen LogP contribution in [-0.2, 0) is 6.54 Å². The number of nitrogens with one attached hydrogen (secondary N) is 1.